The Bertz CT molecular complexity index is 2120. The van der Waals surface area contributed by atoms with Gasteiger partial charge < -0.3 is 44.1 Å². The lowest BCUT2D eigenvalue weighted by Gasteiger charge is -2.67. The molecular weight excluding hydrogens is 770 g/mol. The number of aliphatic hydroxyl groups is 4. The predicted molar refractivity (Wildman–Crippen MR) is 202 cm³/mol. The first kappa shape index (κ1) is 42.1. The first-order valence-corrected chi connectivity index (χ1v) is 19.5. The van der Waals surface area contributed by atoms with Gasteiger partial charge in [0.1, 0.15) is 36.1 Å². The highest BCUT2D eigenvalue weighted by Crippen LogP contribution is 2.64. The second-order valence-corrected chi connectivity index (χ2v) is 17.4. The van der Waals surface area contributed by atoms with Crippen molar-refractivity contribution in [2.75, 3.05) is 6.61 Å². The highest BCUT2D eigenvalue weighted by atomic mass is 16.6. The molecule has 4 N–H and O–H groups in total. The minimum absolute atomic E-state index is 0.0577. The maximum absolute atomic E-state index is 15.0. The molecule has 316 valence electrons. The minimum atomic E-state index is -2.41. The molecule has 2 aromatic carbocycles. The standard InChI is InChI=1S/C43H49NO15/c1-21-25(56-36(51)31(48)29(23-14-10-8-11-15-23)44-37(52)40(5,6)59-38(44)53)19-43(54)34(57-35(50)24-16-12-9-13-17-24)32-41(7,33(49)30(47)28(21)39(43,3)4)26(46)18-27-42(32,20-55-27)58-22(2)45/h8-17,25-27,29-32,34,46-48,54H,18-20H2,1-7H3/t25-,26-,27?,29?,30+,31+,32-,34-,41+,42?,43?/m0/s1. The van der Waals surface area contributed by atoms with Crippen LogP contribution in [0.15, 0.2) is 71.8 Å². The third-order valence-corrected chi connectivity index (χ3v) is 13.4. The van der Waals surface area contributed by atoms with E-state index in [0.717, 1.165) is 6.92 Å². The van der Waals surface area contributed by atoms with Gasteiger partial charge in [0.25, 0.3) is 5.91 Å². The Balaban J connectivity index is 1.37. The third kappa shape index (κ3) is 6.21. The molecule has 2 aliphatic heterocycles. The minimum Gasteiger partial charge on any atom is -0.456 e. The number of amides is 2. The Kier molecular flexibility index (Phi) is 10.2. The van der Waals surface area contributed by atoms with E-state index in [-0.39, 0.29) is 35.3 Å². The van der Waals surface area contributed by atoms with Crippen LogP contribution in [0.3, 0.4) is 0 Å². The quantitative estimate of drug-likeness (QED) is 0.170. The second kappa shape index (κ2) is 14.3. The molecule has 11 atom stereocenters. The zero-order chi connectivity index (χ0) is 43.2. The number of carbonyl (C=O) groups is 6. The fourth-order valence-electron chi connectivity index (χ4n) is 10.2. The fraction of sp³-hybridized carbons (Fsp3) is 0.535. The van der Waals surface area contributed by atoms with Gasteiger partial charge in [-0.05, 0) is 56.5 Å². The molecule has 59 heavy (non-hydrogen) atoms. The Morgan fingerprint density at radius 1 is 0.915 bits per heavy atom. The van der Waals surface area contributed by atoms with Crippen LogP contribution in [0.1, 0.15) is 83.3 Å². The van der Waals surface area contributed by atoms with E-state index in [4.69, 9.17) is 23.7 Å². The highest BCUT2D eigenvalue weighted by molar-refractivity contribution is 6.03. The highest BCUT2D eigenvalue weighted by Gasteiger charge is 2.78. The number of hydrogen-bond acceptors (Lipinski definition) is 15. The number of ether oxygens (including phenoxy) is 5. The molecule has 2 aromatic rings. The molecule has 2 saturated heterocycles. The third-order valence-electron chi connectivity index (χ3n) is 13.4. The SMILES string of the molecule is CC(=O)OC12COC1C[C@H](O)[C@@]1(C)C(=O)[C@H](O)C3=C(C)[C@@H](OC(=O)[C@H](O)C(c4ccccc4)N4C(=O)OC(C)(C)C4=O)CC(O)([C@@H](OC(=O)c4ccccc4)[C@H]21)C3(C)C. The van der Waals surface area contributed by atoms with Crippen LogP contribution < -0.4 is 0 Å². The Hall–Kier alpha value is -5.00. The molecule has 2 saturated carbocycles. The molecule has 3 aliphatic carbocycles. The number of cyclic esters (lactones) is 1. The number of carbonyl (C=O) groups excluding carboxylic acids is 6. The summed E-state index contributed by atoms with van der Waals surface area (Å²) in [6, 6.07) is 13.9. The van der Waals surface area contributed by atoms with Crippen molar-refractivity contribution in [3.63, 3.8) is 0 Å². The van der Waals surface area contributed by atoms with Gasteiger partial charge in [-0.1, -0.05) is 62.4 Å². The molecule has 2 bridgehead atoms. The van der Waals surface area contributed by atoms with Crippen molar-refractivity contribution in [3.05, 3.63) is 82.9 Å². The molecule has 7 rings (SSSR count). The van der Waals surface area contributed by atoms with Crippen LogP contribution in [0.2, 0.25) is 0 Å². The molecule has 0 spiro atoms. The lowest BCUT2D eigenvalue weighted by Crippen LogP contribution is -2.81. The van der Waals surface area contributed by atoms with E-state index in [1.165, 1.54) is 65.8 Å². The van der Waals surface area contributed by atoms with Gasteiger partial charge in [-0.2, -0.15) is 0 Å². The summed E-state index contributed by atoms with van der Waals surface area (Å²) in [5.41, 5.74) is -9.27. The number of esters is 3. The van der Waals surface area contributed by atoms with Crippen LogP contribution in [0, 0.1) is 16.7 Å². The number of hydrogen-bond donors (Lipinski definition) is 4. The average molecular weight is 820 g/mol. The number of ketones is 1. The number of fused-ring (bicyclic) bond motifs is 5. The van der Waals surface area contributed by atoms with Gasteiger partial charge in [0, 0.05) is 25.2 Å². The topological polar surface area (TPSA) is 233 Å². The largest absolute Gasteiger partial charge is 0.456 e. The zero-order valence-electron chi connectivity index (χ0n) is 33.7. The van der Waals surface area contributed by atoms with Crippen LogP contribution in [0.4, 0.5) is 4.79 Å². The first-order valence-electron chi connectivity index (χ1n) is 19.5. The number of benzene rings is 2. The fourth-order valence-corrected chi connectivity index (χ4v) is 10.2. The van der Waals surface area contributed by atoms with E-state index in [0.29, 0.717) is 4.90 Å². The van der Waals surface area contributed by atoms with Gasteiger partial charge in [0.15, 0.2) is 23.1 Å². The van der Waals surface area contributed by atoms with E-state index in [9.17, 15) is 49.2 Å². The van der Waals surface area contributed by atoms with Gasteiger partial charge in [-0.3, -0.25) is 14.4 Å². The van der Waals surface area contributed by atoms with Crippen molar-refractivity contribution in [1.82, 2.24) is 4.90 Å². The van der Waals surface area contributed by atoms with Crippen LogP contribution in [0.5, 0.6) is 0 Å². The van der Waals surface area contributed by atoms with Crippen LogP contribution in [-0.2, 0) is 42.9 Å². The normalized spacial score (nSPS) is 35.4. The van der Waals surface area contributed by atoms with Gasteiger partial charge in [-0.15, -0.1) is 0 Å². The lowest BCUT2D eigenvalue weighted by molar-refractivity contribution is -0.346. The summed E-state index contributed by atoms with van der Waals surface area (Å²) in [6.07, 6.45) is -12.1. The molecule has 0 radical (unpaired) electrons. The predicted octanol–water partition coefficient (Wildman–Crippen LogP) is 2.49. The average Bonchev–Trinajstić information content (AvgIpc) is 3.38. The van der Waals surface area contributed by atoms with Gasteiger partial charge in [-0.25, -0.2) is 19.3 Å². The van der Waals surface area contributed by atoms with Crippen molar-refractivity contribution >= 4 is 35.7 Å². The Morgan fingerprint density at radius 2 is 1.53 bits per heavy atom. The number of imide groups is 1. The molecule has 16 heteroatoms. The van der Waals surface area contributed by atoms with Crippen molar-refractivity contribution in [2.24, 2.45) is 16.7 Å². The summed E-state index contributed by atoms with van der Waals surface area (Å²) in [5, 5.41) is 49.3. The molecule has 4 fully saturated rings. The van der Waals surface area contributed by atoms with Gasteiger partial charge >= 0.3 is 24.0 Å². The summed E-state index contributed by atoms with van der Waals surface area (Å²) in [4.78, 5) is 83.4. The Morgan fingerprint density at radius 3 is 2.07 bits per heavy atom. The van der Waals surface area contributed by atoms with Crippen LogP contribution in [0.25, 0.3) is 0 Å². The number of aliphatic hydroxyl groups excluding tert-OH is 3. The van der Waals surface area contributed by atoms with E-state index < -0.39 is 118 Å². The van der Waals surface area contributed by atoms with Gasteiger partial charge in [0.2, 0.25) is 0 Å². The van der Waals surface area contributed by atoms with Crippen molar-refractivity contribution in [3.8, 4) is 0 Å². The second-order valence-electron chi connectivity index (χ2n) is 17.4. The summed E-state index contributed by atoms with van der Waals surface area (Å²) in [5.74, 6) is -6.42. The molecule has 16 nitrogen and oxygen atoms in total. The van der Waals surface area contributed by atoms with E-state index in [2.05, 4.69) is 0 Å². The molecule has 2 amide bonds. The monoisotopic (exact) mass is 819 g/mol. The summed E-state index contributed by atoms with van der Waals surface area (Å²) in [7, 11) is 0. The van der Waals surface area contributed by atoms with Crippen LogP contribution >= 0.6 is 0 Å². The smallest absolute Gasteiger partial charge is 0.418 e. The first-order chi connectivity index (χ1) is 27.5. The number of Topliss-reactive ketones (excluding diaryl/α,β-unsaturated/α-hetero) is 1. The maximum atomic E-state index is 15.0. The van der Waals surface area contributed by atoms with Crippen LogP contribution in [-0.4, -0.2) is 121 Å². The summed E-state index contributed by atoms with van der Waals surface area (Å²) < 4.78 is 29.4. The Labute approximate surface area is 340 Å². The molecule has 0 aromatic heterocycles. The molecular formula is C43H49NO15. The maximum Gasteiger partial charge on any atom is 0.418 e. The van der Waals surface area contributed by atoms with Crippen molar-refractivity contribution in [2.45, 2.75) is 121 Å². The van der Waals surface area contributed by atoms with E-state index in [1.807, 2.05) is 0 Å². The molecule has 2 heterocycles. The number of rotatable bonds is 8. The summed E-state index contributed by atoms with van der Waals surface area (Å²) in [6.45, 7) is 9.42. The molecule has 5 aliphatic rings. The van der Waals surface area contributed by atoms with Gasteiger partial charge in [0.05, 0.1) is 29.6 Å². The van der Waals surface area contributed by atoms with E-state index >= 15 is 0 Å². The molecule has 4 unspecified atom stereocenters. The summed E-state index contributed by atoms with van der Waals surface area (Å²) >= 11 is 0. The lowest BCUT2D eigenvalue weighted by atomic mass is 9.44. The van der Waals surface area contributed by atoms with Crippen molar-refractivity contribution < 1.29 is 72.9 Å². The van der Waals surface area contributed by atoms with Crippen molar-refractivity contribution in [1.29, 1.82) is 0 Å². The van der Waals surface area contributed by atoms with E-state index in [1.54, 1.807) is 36.4 Å². The zero-order valence-corrected chi connectivity index (χ0v) is 33.7. The number of nitrogens with zero attached hydrogens (tertiary/aromatic N) is 1.